The van der Waals surface area contributed by atoms with Gasteiger partial charge in [0.2, 0.25) is 0 Å². The summed E-state index contributed by atoms with van der Waals surface area (Å²) in [4.78, 5) is 29.0. The maximum absolute atomic E-state index is 10.1. The van der Waals surface area contributed by atoms with Crippen LogP contribution in [0.1, 0.15) is 58.5 Å². The largest absolute Gasteiger partial charge is 0.453 e. The van der Waals surface area contributed by atoms with Gasteiger partial charge in [-0.1, -0.05) is 34.1 Å². The summed E-state index contributed by atoms with van der Waals surface area (Å²) in [6, 6.07) is 0. The van der Waals surface area contributed by atoms with Gasteiger partial charge in [0.05, 0.1) is 13.7 Å². The topological polar surface area (TPSA) is 87.3 Å². The van der Waals surface area contributed by atoms with Gasteiger partial charge in [-0.05, 0) is 46.8 Å². The number of ether oxygens (including phenoxy) is 1. The second-order valence-corrected chi connectivity index (χ2v) is 5.41. The van der Waals surface area contributed by atoms with Crippen molar-refractivity contribution in [1.29, 1.82) is 0 Å². The third kappa shape index (κ3) is 24.4. The number of alkyl carbamates (subject to hydrolysis) is 1. The number of likely N-dealkylation sites (tertiary alicyclic amines) is 1. The highest BCUT2D eigenvalue weighted by molar-refractivity contribution is 5.70. The quantitative estimate of drug-likeness (QED) is 0.773. The summed E-state index contributed by atoms with van der Waals surface area (Å²) in [6.45, 7) is 14.8. The van der Waals surface area contributed by atoms with Crippen LogP contribution in [0, 0.1) is 13.8 Å². The first-order valence-corrected chi connectivity index (χ1v) is 9.33. The highest BCUT2D eigenvalue weighted by atomic mass is 16.5. The molecule has 1 amide bonds. The number of H-pyrrole nitrogens is 1. The molecule has 7 nitrogen and oxygen atoms in total. The number of methoxy groups -OCH3 is 1. The molecule has 1 saturated heterocycles. The van der Waals surface area contributed by atoms with E-state index in [9.17, 15) is 9.59 Å². The van der Waals surface area contributed by atoms with Crippen molar-refractivity contribution in [3.8, 4) is 0 Å². The lowest BCUT2D eigenvalue weighted by Crippen LogP contribution is -2.24. The highest BCUT2D eigenvalue weighted by Gasteiger charge is 2.03. The zero-order valence-electron chi connectivity index (χ0n) is 18.0. The van der Waals surface area contributed by atoms with Gasteiger partial charge in [-0.15, -0.1) is 0 Å². The van der Waals surface area contributed by atoms with E-state index in [4.69, 9.17) is 0 Å². The van der Waals surface area contributed by atoms with Crippen molar-refractivity contribution in [3.05, 3.63) is 17.7 Å². The molecule has 0 saturated carbocycles. The second-order valence-electron chi connectivity index (χ2n) is 5.41. The van der Waals surface area contributed by atoms with Crippen LogP contribution in [0.25, 0.3) is 0 Å². The molecule has 1 aromatic rings. The summed E-state index contributed by atoms with van der Waals surface area (Å²) in [7, 11) is 3.41. The number of carbonyl (C=O) groups excluding carboxylic acids is 2. The number of nitrogens with zero attached hydrogens (tertiary/aromatic N) is 2. The number of hydrogen-bond donors (Lipinski definition) is 2. The van der Waals surface area contributed by atoms with Crippen LogP contribution in [0.5, 0.6) is 0 Å². The van der Waals surface area contributed by atoms with Gasteiger partial charge in [-0.25, -0.2) is 9.78 Å². The number of aromatic nitrogens is 2. The van der Waals surface area contributed by atoms with Gasteiger partial charge in [0, 0.05) is 11.9 Å². The van der Waals surface area contributed by atoms with Crippen LogP contribution in [0.15, 0.2) is 6.20 Å². The molecular weight excluding hydrogens is 332 g/mol. The minimum Gasteiger partial charge on any atom is -0.453 e. The normalized spacial score (nSPS) is 11.7. The molecule has 2 heterocycles. The number of amides is 1. The molecule has 0 atom stereocenters. The van der Waals surface area contributed by atoms with E-state index in [1.807, 2.05) is 33.9 Å². The lowest BCUT2D eigenvalue weighted by molar-refractivity contribution is -0.107. The summed E-state index contributed by atoms with van der Waals surface area (Å²) < 4.78 is 4.14. The van der Waals surface area contributed by atoms with Gasteiger partial charge in [0.25, 0.3) is 0 Å². The Labute approximate surface area is 159 Å². The summed E-state index contributed by atoms with van der Waals surface area (Å²) in [6.07, 6.45) is 5.89. The molecule has 1 aliphatic rings. The molecule has 26 heavy (non-hydrogen) atoms. The van der Waals surface area contributed by atoms with Crippen LogP contribution >= 0.6 is 0 Å². The Morgan fingerprint density at radius 1 is 1.31 bits per heavy atom. The zero-order valence-corrected chi connectivity index (χ0v) is 18.0. The van der Waals surface area contributed by atoms with Crippen LogP contribution in [0.3, 0.4) is 0 Å². The standard InChI is InChI=1S/C5H8N2.C5H11N.C4H7NO3.C3H8.C2H6/c1-4-3-6-5(2)7-4;1-6-4-2-3-5-6;1-8-4(7)5-2-3-6;1-3-2;1-2/h3H,1-2H3,(H,6,7);2-5H2,1H3;3H,2H2,1H3,(H,5,7);3H2,1-2H3;1-2H3. The van der Waals surface area contributed by atoms with E-state index in [0.29, 0.717) is 6.29 Å². The fourth-order valence-corrected chi connectivity index (χ4v) is 1.62. The minimum atomic E-state index is -0.586. The van der Waals surface area contributed by atoms with Crippen molar-refractivity contribution in [1.82, 2.24) is 20.2 Å². The number of aldehydes is 1. The number of nitrogens with one attached hydrogen (secondary N) is 2. The van der Waals surface area contributed by atoms with Crippen LogP contribution in [0.2, 0.25) is 0 Å². The average molecular weight is 373 g/mol. The maximum atomic E-state index is 10.1. The van der Waals surface area contributed by atoms with E-state index >= 15 is 0 Å². The fourth-order valence-electron chi connectivity index (χ4n) is 1.62. The van der Waals surface area contributed by atoms with E-state index in [0.717, 1.165) is 11.5 Å². The van der Waals surface area contributed by atoms with Crippen LogP contribution in [-0.2, 0) is 9.53 Å². The molecule has 2 rings (SSSR count). The Balaban J connectivity index is -0.000000273. The van der Waals surface area contributed by atoms with Crippen molar-refractivity contribution in [2.45, 2.75) is 60.8 Å². The average Bonchev–Trinajstić information content (AvgIpc) is 3.27. The van der Waals surface area contributed by atoms with Gasteiger partial charge in [0.15, 0.2) is 0 Å². The number of imidazole rings is 1. The molecule has 2 N–H and O–H groups in total. The first-order chi connectivity index (χ1) is 12.4. The predicted molar refractivity (Wildman–Crippen MR) is 109 cm³/mol. The number of rotatable bonds is 2. The number of aryl methyl sites for hydroxylation is 2. The minimum absolute atomic E-state index is 0.00662. The van der Waals surface area contributed by atoms with Gasteiger partial charge in [-0.2, -0.15) is 0 Å². The Bertz CT molecular complexity index is 400. The van der Waals surface area contributed by atoms with Gasteiger partial charge in [-0.3, -0.25) is 0 Å². The van der Waals surface area contributed by atoms with Crippen molar-refractivity contribution >= 4 is 12.4 Å². The molecule has 1 aliphatic heterocycles. The van der Waals surface area contributed by atoms with E-state index in [1.54, 1.807) is 0 Å². The Hall–Kier alpha value is -1.89. The second kappa shape index (κ2) is 23.1. The highest BCUT2D eigenvalue weighted by Crippen LogP contribution is 2.02. The molecule has 154 valence electrons. The number of carbonyl (C=O) groups is 2. The molecule has 0 spiro atoms. The summed E-state index contributed by atoms with van der Waals surface area (Å²) in [5.41, 5.74) is 1.12. The molecule has 0 aromatic carbocycles. The number of aromatic amines is 1. The van der Waals surface area contributed by atoms with Gasteiger partial charge in [0.1, 0.15) is 12.1 Å². The third-order valence-electron chi connectivity index (χ3n) is 2.67. The fraction of sp³-hybridized carbons (Fsp3) is 0.737. The Kier molecular flexibility index (Phi) is 25.7. The monoisotopic (exact) mass is 372 g/mol. The third-order valence-corrected chi connectivity index (χ3v) is 2.67. The first kappa shape index (κ1) is 28.9. The molecule has 1 aromatic heterocycles. The van der Waals surface area contributed by atoms with E-state index in [-0.39, 0.29) is 6.54 Å². The van der Waals surface area contributed by atoms with Crippen molar-refractivity contribution < 1.29 is 14.3 Å². The molecule has 0 aliphatic carbocycles. The van der Waals surface area contributed by atoms with Crippen molar-refractivity contribution in [2.24, 2.45) is 0 Å². The first-order valence-electron chi connectivity index (χ1n) is 9.33. The summed E-state index contributed by atoms with van der Waals surface area (Å²) in [5, 5.41) is 2.15. The smallest absolute Gasteiger partial charge is 0.407 e. The molecule has 7 heteroatoms. The molecule has 0 radical (unpaired) electrons. The van der Waals surface area contributed by atoms with Crippen molar-refractivity contribution in [2.75, 3.05) is 33.8 Å². The lowest BCUT2D eigenvalue weighted by Gasteiger charge is -2.01. The van der Waals surface area contributed by atoms with E-state index in [1.165, 1.54) is 39.5 Å². The molecule has 0 unspecified atom stereocenters. The predicted octanol–water partition coefficient (Wildman–Crippen LogP) is 3.72. The van der Waals surface area contributed by atoms with Crippen LogP contribution < -0.4 is 5.32 Å². The zero-order chi connectivity index (χ0) is 20.8. The SMILES string of the molecule is CC.CCC.CN1CCCC1.COC(=O)NCC=O.Cc1cnc(C)[nH]1. The number of hydrogen-bond acceptors (Lipinski definition) is 5. The van der Waals surface area contributed by atoms with Crippen LogP contribution in [0.4, 0.5) is 4.79 Å². The summed E-state index contributed by atoms with van der Waals surface area (Å²) in [5.74, 6) is 0.984. The van der Waals surface area contributed by atoms with Gasteiger partial charge >= 0.3 is 6.09 Å². The van der Waals surface area contributed by atoms with Crippen molar-refractivity contribution in [3.63, 3.8) is 0 Å². The lowest BCUT2D eigenvalue weighted by atomic mass is 10.4. The Morgan fingerprint density at radius 3 is 2.00 bits per heavy atom. The summed E-state index contributed by atoms with van der Waals surface area (Å²) >= 11 is 0. The molecule has 0 bridgehead atoms. The Morgan fingerprint density at radius 2 is 1.81 bits per heavy atom. The molecule has 1 fully saturated rings. The van der Waals surface area contributed by atoms with E-state index < -0.39 is 6.09 Å². The molecular formula is C19H40N4O3. The van der Waals surface area contributed by atoms with Crippen LogP contribution in [-0.4, -0.2) is 61.0 Å². The van der Waals surface area contributed by atoms with Gasteiger partial charge < -0.3 is 24.7 Å². The van der Waals surface area contributed by atoms with E-state index in [2.05, 4.69) is 45.8 Å². The maximum Gasteiger partial charge on any atom is 0.407 e.